The SMILES string of the molecule is c1ccc(-c2c3c(c(-c4ccc(N(c5ccccc5)c5ccc(N(c6ccccc6)c6cccc7ccccc67)cc5)cc4)c4c2CCCC4)CCCC3)cc1. The molecule has 8 aromatic carbocycles. The first-order valence-electron chi connectivity index (χ1n) is 20.5. The summed E-state index contributed by atoms with van der Waals surface area (Å²) in [7, 11) is 0. The van der Waals surface area contributed by atoms with Crippen molar-refractivity contribution < 1.29 is 0 Å². The van der Waals surface area contributed by atoms with Gasteiger partial charge in [-0.1, -0.05) is 115 Å². The molecule has 0 fully saturated rings. The number of rotatable bonds is 8. The average Bonchev–Trinajstić information content (AvgIpc) is 3.28. The molecule has 0 N–H and O–H groups in total. The van der Waals surface area contributed by atoms with Crippen LogP contribution in [-0.2, 0) is 25.7 Å². The van der Waals surface area contributed by atoms with E-state index < -0.39 is 0 Å². The second-order valence-corrected chi connectivity index (χ2v) is 15.3. The molecule has 2 heteroatoms. The van der Waals surface area contributed by atoms with Crippen LogP contribution in [0.4, 0.5) is 34.1 Å². The molecule has 0 atom stereocenters. The smallest absolute Gasteiger partial charge is 0.0540 e. The molecule has 2 aliphatic rings. The summed E-state index contributed by atoms with van der Waals surface area (Å²) >= 11 is 0. The summed E-state index contributed by atoms with van der Waals surface area (Å²) in [4.78, 5) is 4.76. The third-order valence-corrected chi connectivity index (χ3v) is 12.0. The van der Waals surface area contributed by atoms with Crippen LogP contribution in [-0.4, -0.2) is 0 Å². The number of nitrogens with zero attached hydrogens (tertiary/aromatic N) is 2. The number of benzene rings is 8. The van der Waals surface area contributed by atoms with E-state index in [1.165, 1.54) is 84.5 Å². The van der Waals surface area contributed by atoms with E-state index in [0.717, 1.165) is 28.4 Å². The van der Waals surface area contributed by atoms with Crippen molar-refractivity contribution in [3.8, 4) is 22.3 Å². The first-order valence-corrected chi connectivity index (χ1v) is 20.5. The zero-order chi connectivity index (χ0) is 37.3. The molecule has 56 heavy (non-hydrogen) atoms. The van der Waals surface area contributed by atoms with Crippen LogP contribution in [0.15, 0.2) is 182 Å². The highest BCUT2D eigenvalue weighted by molar-refractivity contribution is 5.99. The fourth-order valence-electron chi connectivity index (χ4n) is 9.54. The molecule has 0 radical (unpaired) electrons. The standard InChI is InChI=1S/C54H46N2/c1-4-18-40(19-5-1)53-48-26-12-14-28-50(48)54(51-29-15-13-27-49(51)53)41-31-33-44(34-32-41)55(42-21-6-2-7-22-42)45-35-37-46(38-36-45)56(43-23-8-3-9-24-43)52-30-16-20-39-17-10-11-25-47(39)52/h1-11,16-25,30-38H,12-15,26-29H2. The van der Waals surface area contributed by atoms with Crippen LogP contribution in [0.1, 0.15) is 47.9 Å². The van der Waals surface area contributed by atoms with Crippen LogP contribution in [0.3, 0.4) is 0 Å². The van der Waals surface area contributed by atoms with Gasteiger partial charge in [0.2, 0.25) is 0 Å². The lowest BCUT2D eigenvalue weighted by molar-refractivity contribution is 0.662. The van der Waals surface area contributed by atoms with Crippen molar-refractivity contribution in [1.29, 1.82) is 0 Å². The zero-order valence-corrected chi connectivity index (χ0v) is 31.9. The fraction of sp³-hybridized carbons (Fsp3) is 0.148. The van der Waals surface area contributed by atoms with Crippen LogP contribution in [0, 0.1) is 0 Å². The molecule has 0 unspecified atom stereocenters. The molecule has 272 valence electrons. The maximum Gasteiger partial charge on any atom is 0.0540 e. The fourth-order valence-corrected chi connectivity index (χ4v) is 9.54. The summed E-state index contributed by atoms with van der Waals surface area (Å²) in [5.74, 6) is 0. The second-order valence-electron chi connectivity index (χ2n) is 15.3. The number of fused-ring (bicyclic) bond motifs is 3. The summed E-state index contributed by atoms with van der Waals surface area (Å²) in [6.07, 6.45) is 9.79. The Hall–Kier alpha value is -6.38. The number of para-hydroxylation sites is 2. The summed E-state index contributed by atoms with van der Waals surface area (Å²) in [5, 5.41) is 2.46. The van der Waals surface area contributed by atoms with Crippen LogP contribution in [0.2, 0.25) is 0 Å². The molecule has 0 saturated carbocycles. The van der Waals surface area contributed by atoms with Gasteiger partial charge in [-0.2, -0.15) is 0 Å². The third-order valence-electron chi connectivity index (χ3n) is 12.0. The minimum Gasteiger partial charge on any atom is -0.311 e. The van der Waals surface area contributed by atoms with Crippen LogP contribution in [0.25, 0.3) is 33.0 Å². The number of hydrogen-bond acceptors (Lipinski definition) is 2. The van der Waals surface area contributed by atoms with Crippen molar-refractivity contribution in [2.24, 2.45) is 0 Å². The van der Waals surface area contributed by atoms with Gasteiger partial charge in [-0.25, -0.2) is 0 Å². The Bertz CT molecular complexity index is 2570. The molecule has 0 spiro atoms. The molecule has 8 aromatic rings. The lowest BCUT2D eigenvalue weighted by atomic mass is 9.73. The number of anilines is 6. The highest BCUT2D eigenvalue weighted by Gasteiger charge is 2.28. The molecule has 0 saturated heterocycles. The quantitative estimate of drug-likeness (QED) is 0.154. The van der Waals surface area contributed by atoms with Gasteiger partial charge in [-0.3, -0.25) is 0 Å². The molecule has 0 aliphatic heterocycles. The van der Waals surface area contributed by atoms with E-state index >= 15 is 0 Å². The molecule has 0 bridgehead atoms. The van der Waals surface area contributed by atoms with Gasteiger partial charge in [0.1, 0.15) is 0 Å². The van der Waals surface area contributed by atoms with E-state index in [0.29, 0.717) is 0 Å². The maximum absolute atomic E-state index is 2.40. The van der Waals surface area contributed by atoms with Gasteiger partial charge in [-0.05, 0) is 168 Å². The van der Waals surface area contributed by atoms with Gasteiger partial charge >= 0.3 is 0 Å². The van der Waals surface area contributed by atoms with Gasteiger partial charge in [0.25, 0.3) is 0 Å². The number of hydrogen-bond donors (Lipinski definition) is 0. The highest BCUT2D eigenvalue weighted by Crippen LogP contribution is 2.47. The Balaban J connectivity index is 1.06. The van der Waals surface area contributed by atoms with Crippen LogP contribution >= 0.6 is 0 Å². The first kappa shape index (κ1) is 34.1. The molecule has 0 aromatic heterocycles. The van der Waals surface area contributed by atoms with Gasteiger partial charge in [-0.15, -0.1) is 0 Å². The van der Waals surface area contributed by atoms with Crippen molar-refractivity contribution in [3.05, 3.63) is 204 Å². The summed E-state index contributed by atoms with van der Waals surface area (Å²) in [6, 6.07) is 66.5. The molecular weight excluding hydrogens is 677 g/mol. The van der Waals surface area contributed by atoms with Crippen LogP contribution in [0.5, 0.6) is 0 Å². The summed E-state index contributed by atoms with van der Waals surface area (Å²) in [5.41, 5.74) is 19.1. The van der Waals surface area contributed by atoms with E-state index in [1.807, 2.05) is 0 Å². The molecule has 0 amide bonds. The minimum atomic E-state index is 1.12. The summed E-state index contributed by atoms with van der Waals surface area (Å²) in [6.45, 7) is 0. The Kier molecular flexibility index (Phi) is 9.17. The van der Waals surface area contributed by atoms with E-state index in [9.17, 15) is 0 Å². The van der Waals surface area contributed by atoms with Gasteiger partial charge < -0.3 is 9.80 Å². The van der Waals surface area contributed by atoms with Gasteiger partial charge in [0.15, 0.2) is 0 Å². The van der Waals surface area contributed by atoms with E-state index in [4.69, 9.17) is 0 Å². The normalized spacial score (nSPS) is 13.5. The van der Waals surface area contributed by atoms with Crippen molar-refractivity contribution >= 4 is 44.9 Å². The molecular formula is C54H46N2. The van der Waals surface area contributed by atoms with Crippen molar-refractivity contribution in [2.75, 3.05) is 9.80 Å². The van der Waals surface area contributed by atoms with Gasteiger partial charge in [0, 0.05) is 33.8 Å². The van der Waals surface area contributed by atoms with E-state index in [-0.39, 0.29) is 0 Å². The van der Waals surface area contributed by atoms with Crippen molar-refractivity contribution in [1.82, 2.24) is 0 Å². The maximum atomic E-state index is 2.40. The lowest BCUT2D eigenvalue weighted by Crippen LogP contribution is -2.15. The lowest BCUT2D eigenvalue weighted by Gasteiger charge is -2.32. The van der Waals surface area contributed by atoms with Crippen molar-refractivity contribution in [3.63, 3.8) is 0 Å². The second kappa shape index (κ2) is 15.0. The van der Waals surface area contributed by atoms with Crippen LogP contribution < -0.4 is 9.80 Å². The first-order chi connectivity index (χ1) is 27.8. The topological polar surface area (TPSA) is 6.48 Å². The Labute approximate surface area is 331 Å². The van der Waals surface area contributed by atoms with Crippen molar-refractivity contribution in [2.45, 2.75) is 51.4 Å². The van der Waals surface area contributed by atoms with E-state index in [1.54, 1.807) is 27.8 Å². The predicted octanol–water partition coefficient (Wildman–Crippen LogP) is 14.9. The monoisotopic (exact) mass is 722 g/mol. The predicted molar refractivity (Wildman–Crippen MR) is 237 cm³/mol. The highest BCUT2D eigenvalue weighted by atomic mass is 15.2. The molecule has 0 heterocycles. The largest absolute Gasteiger partial charge is 0.311 e. The average molecular weight is 723 g/mol. The Morgan fingerprint density at radius 3 is 1.20 bits per heavy atom. The van der Waals surface area contributed by atoms with Gasteiger partial charge in [0.05, 0.1) is 5.69 Å². The minimum absolute atomic E-state index is 1.12. The zero-order valence-electron chi connectivity index (χ0n) is 31.9. The molecule has 2 nitrogen and oxygen atoms in total. The Morgan fingerprint density at radius 1 is 0.286 bits per heavy atom. The Morgan fingerprint density at radius 2 is 0.661 bits per heavy atom. The molecule has 2 aliphatic carbocycles. The summed E-state index contributed by atoms with van der Waals surface area (Å²) < 4.78 is 0. The third kappa shape index (κ3) is 6.26. The molecule has 10 rings (SSSR count). The van der Waals surface area contributed by atoms with E-state index in [2.05, 4.69) is 192 Å².